The van der Waals surface area contributed by atoms with Gasteiger partial charge in [0.05, 0.1) is 0 Å². The molecule has 0 saturated heterocycles. The van der Waals surface area contributed by atoms with Gasteiger partial charge in [0.1, 0.15) is 0 Å². The molecule has 0 aromatic heterocycles. The Morgan fingerprint density at radius 2 is 1.65 bits per heavy atom. The van der Waals surface area contributed by atoms with Crippen molar-refractivity contribution >= 4 is 0 Å². The molecule has 17 heavy (non-hydrogen) atoms. The maximum atomic E-state index is 3.52. The zero-order valence-corrected chi connectivity index (χ0v) is 12.2. The summed E-state index contributed by atoms with van der Waals surface area (Å²) in [7, 11) is 0. The second-order valence-electron chi connectivity index (χ2n) is 5.67. The van der Waals surface area contributed by atoms with Gasteiger partial charge in [0.15, 0.2) is 0 Å². The summed E-state index contributed by atoms with van der Waals surface area (Å²) < 4.78 is 0. The molecule has 1 N–H and O–H groups in total. The lowest BCUT2D eigenvalue weighted by molar-refractivity contribution is 0.426. The summed E-state index contributed by atoms with van der Waals surface area (Å²) in [6.07, 6.45) is 0. The van der Waals surface area contributed by atoms with Crippen LogP contribution in [0.15, 0.2) is 18.2 Å². The van der Waals surface area contributed by atoms with E-state index in [0.29, 0.717) is 17.9 Å². The molecular formula is C16H27N. The van der Waals surface area contributed by atoms with Gasteiger partial charge in [0, 0.05) is 6.04 Å². The van der Waals surface area contributed by atoms with E-state index in [0.717, 1.165) is 6.54 Å². The summed E-state index contributed by atoms with van der Waals surface area (Å²) in [6.45, 7) is 14.5. The second kappa shape index (κ2) is 6.20. The first-order valence-corrected chi connectivity index (χ1v) is 6.72. The van der Waals surface area contributed by atoms with Gasteiger partial charge in [0.2, 0.25) is 0 Å². The van der Waals surface area contributed by atoms with Gasteiger partial charge in [-0.25, -0.2) is 0 Å². The third kappa shape index (κ3) is 4.16. The minimum atomic E-state index is 0.574. The molecule has 0 fully saturated rings. The number of aryl methyl sites for hydroxylation is 2. The van der Waals surface area contributed by atoms with Crippen molar-refractivity contribution in [3.63, 3.8) is 0 Å². The van der Waals surface area contributed by atoms with Crippen LogP contribution in [-0.4, -0.2) is 12.6 Å². The molecule has 1 heteroatoms. The van der Waals surface area contributed by atoms with Crippen LogP contribution in [0.5, 0.6) is 0 Å². The zero-order chi connectivity index (χ0) is 13.0. The highest BCUT2D eigenvalue weighted by molar-refractivity contribution is 5.32. The number of benzene rings is 1. The molecule has 1 nitrogen and oxygen atoms in total. The number of hydrogen-bond acceptors (Lipinski definition) is 1. The molecule has 0 aliphatic carbocycles. The fraction of sp³-hybridized carbons (Fsp3) is 0.625. The number of hydrogen-bond donors (Lipinski definition) is 1. The van der Waals surface area contributed by atoms with E-state index in [4.69, 9.17) is 0 Å². The Hall–Kier alpha value is -0.820. The van der Waals surface area contributed by atoms with Crippen LogP contribution in [0.2, 0.25) is 0 Å². The Morgan fingerprint density at radius 1 is 1.00 bits per heavy atom. The van der Waals surface area contributed by atoms with E-state index in [9.17, 15) is 0 Å². The van der Waals surface area contributed by atoms with Crippen molar-refractivity contribution in [1.29, 1.82) is 0 Å². The van der Waals surface area contributed by atoms with Gasteiger partial charge in [-0.2, -0.15) is 0 Å². The van der Waals surface area contributed by atoms with Crippen LogP contribution in [0.3, 0.4) is 0 Å². The Labute approximate surface area is 107 Å². The van der Waals surface area contributed by atoms with E-state index in [2.05, 4.69) is 65.1 Å². The van der Waals surface area contributed by atoms with Crippen molar-refractivity contribution in [1.82, 2.24) is 5.32 Å². The van der Waals surface area contributed by atoms with Crippen molar-refractivity contribution < 1.29 is 0 Å². The molecule has 0 amide bonds. The van der Waals surface area contributed by atoms with Crippen LogP contribution in [-0.2, 0) is 0 Å². The highest BCUT2D eigenvalue weighted by Crippen LogP contribution is 2.25. The van der Waals surface area contributed by atoms with Crippen LogP contribution in [0.25, 0.3) is 0 Å². The molecule has 0 heterocycles. The fourth-order valence-corrected chi connectivity index (χ4v) is 1.97. The van der Waals surface area contributed by atoms with E-state index in [1.54, 1.807) is 0 Å². The maximum absolute atomic E-state index is 3.52. The summed E-state index contributed by atoms with van der Waals surface area (Å²) in [4.78, 5) is 0. The van der Waals surface area contributed by atoms with Crippen LogP contribution in [0.4, 0.5) is 0 Å². The van der Waals surface area contributed by atoms with Crippen LogP contribution >= 0.6 is 0 Å². The molecule has 1 rings (SSSR count). The maximum Gasteiger partial charge on any atom is 0.00104 e. The predicted octanol–water partition coefficient (Wildman–Crippen LogP) is 4.04. The van der Waals surface area contributed by atoms with Gasteiger partial charge in [-0.1, -0.05) is 45.9 Å². The topological polar surface area (TPSA) is 12.0 Å². The molecular weight excluding hydrogens is 206 g/mol. The third-order valence-electron chi connectivity index (χ3n) is 3.76. The standard InChI is InChI=1S/C16H27N/c1-11(2)17-10-14(5)15(6)16-8-7-12(3)13(4)9-16/h7-9,11,14-15,17H,10H2,1-6H3. The van der Waals surface area contributed by atoms with Crippen LogP contribution in [0.1, 0.15) is 50.3 Å². The predicted molar refractivity (Wildman–Crippen MR) is 76.6 cm³/mol. The average molecular weight is 233 g/mol. The van der Waals surface area contributed by atoms with E-state index in [1.807, 2.05) is 0 Å². The second-order valence-corrected chi connectivity index (χ2v) is 5.67. The van der Waals surface area contributed by atoms with Gasteiger partial charge in [-0.05, 0) is 48.9 Å². The van der Waals surface area contributed by atoms with Gasteiger partial charge in [0.25, 0.3) is 0 Å². The SMILES string of the molecule is Cc1ccc(C(C)C(C)CNC(C)C)cc1C. The lowest BCUT2D eigenvalue weighted by atomic mass is 9.87. The smallest absolute Gasteiger partial charge is 0.00104 e. The lowest BCUT2D eigenvalue weighted by Gasteiger charge is -2.22. The summed E-state index contributed by atoms with van der Waals surface area (Å²) >= 11 is 0. The molecule has 0 radical (unpaired) electrons. The molecule has 96 valence electrons. The first kappa shape index (κ1) is 14.2. The Bertz CT molecular complexity index is 355. The Kier molecular flexibility index (Phi) is 5.20. The molecule has 1 aromatic carbocycles. The first-order chi connectivity index (χ1) is 7.91. The minimum absolute atomic E-state index is 0.574. The highest BCUT2D eigenvalue weighted by Gasteiger charge is 2.14. The minimum Gasteiger partial charge on any atom is -0.314 e. The van der Waals surface area contributed by atoms with Gasteiger partial charge in [-0.15, -0.1) is 0 Å². The number of nitrogens with one attached hydrogen (secondary N) is 1. The quantitative estimate of drug-likeness (QED) is 0.809. The highest BCUT2D eigenvalue weighted by atomic mass is 14.9. The summed E-state index contributed by atoms with van der Waals surface area (Å²) in [5, 5.41) is 3.52. The molecule has 0 spiro atoms. The fourth-order valence-electron chi connectivity index (χ4n) is 1.97. The van der Waals surface area contributed by atoms with Crippen molar-refractivity contribution in [2.45, 2.75) is 53.5 Å². The largest absolute Gasteiger partial charge is 0.314 e. The summed E-state index contributed by atoms with van der Waals surface area (Å²) in [5.74, 6) is 1.28. The molecule has 0 saturated carbocycles. The first-order valence-electron chi connectivity index (χ1n) is 6.72. The van der Waals surface area contributed by atoms with Gasteiger partial charge >= 0.3 is 0 Å². The average Bonchev–Trinajstić information content (AvgIpc) is 2.28. The van der Waals surface area contributed by atoms with Crippen molar-refractivity contribution in [2.75, 3.05) is 6.54 Å². The number of rotatable bonds is 5. The van der Waals surface area contributed by atoms with E-state index >= 15 is 0 Å². The molecule has 0 aliphatic heterocycles. The van der Waals surface area contributed by atoms with Gasteiger partial charge < -0.3 is 5.32 Å². The van der Waals surface area contributed by atoms with E-state index < -0.39 is 0 Å². The van der Waals surface area contributed by atoms with Crippen molar-refractivity contribution in [2.24, 2.45) is 5.92 Å². The zero-order valence-electron chi connectivity index (χ0n) is 12.2. The summed E-state index contributed by atoms with van der Waals surface area (Å²) in [6, 6.07) is 7.43. The summed E-state index contributed by atoms with van der Waals surface area (Å²) in [5.41, 5.74) is 4.25. The van der Waals surface area contributed by atoms with E-state index in [-0.39, 0.29) is 0 Å². The van der Waals surface area contributed by atoms with Crippen molar-refractivity contribution in [3.8, 4) is 0 Å². The third-order valence-corrected chi connectivity index (χ3v) is 3.76. The lowest BCUT2D eigenvalue weighted by Crippen LogP contribution is -2.29. The monoisotopic (exact) mass is 233 g/mol. The van der Waals surface area contributed by atoms with Gasteiger partial charge in [-0.3, -0.25) is 0 Å². The van der Waals surface area contributed by atoms with E-state index in [1.165, 1.54) is 16.7 Å². The molecule has 2 atom stereocenters. The van der Waals surface area contributed by atoms with Crippen LogP contribution < -0.4 is 5.32 Å². The normalized spacial score (nSPS) is 15.0. The molecule has 0 aliphatic rings. The van der Waals surface area contributed by atoms with Crippen molar-refractivity contribution in [3.05, 3.63) is 34.9 Å². The molecule has 2 unspecified atom stereocenters. The van der Waals surface area contributed by atoms with Crippen LogP contribution in [0, 0.1) is 19.8 Å². The molecule has 0 bridgehead atoms. The Balaban J connectivity index is 2.67. The Morgan fingerprint density at radius 3 is 2.18 bits per heavy atom. The molecule has 1 aromatic rings.